The topological polar surface area (TPSA) is 87.5 Å². The van der Waals surface area contributed by atoms with Crippen LogP contribution in [-0.2, 0) is 20.9 Å². The van der Waals surface area contributed by atoms with Gasteiger partial charge >= 0.3 is 0 Å². The van der Waals surface area contributed by atoms with Crippen molar-refractivity contribution in [2.45, 2.75) is 39.2 Å². The summed E-state index contributed by atoms with van der Waals surface area (Å²) in [4.78, 5) is 45.5. The van der Waals surface area contributed by atoms with Crippen molar-refractivity contribution < 1.29 is 14.4 Å². The third-order valence-electron chi connectivity index (χ3n) is 6.45. The van der Waals surface area contributed by atoms with E-state index in [9.17, 15) is 14.4 Å². The van der Waals surface area contributed by atoms with Crippen LogP contribution < -0.4 is 10.2 Å². The minimum atomic E-state index is -0.308. The molecule has 1 N–H and O–H groups in total. The average molecular weight is 438 g/mol. The molecule has 0 radical (unpaired) electrons. The average Bonchev–Trinajstić information content (AvgIpc) is 3.46. The van der Waals surface area contributed by atoms with Crippen LogP contribution in [-0.4, -0.2) is 58.4 Å². The third-order valence-corrected chi connectivity index (χ3v) is 6.45. The number of carbonyl (C=O) groups excluding carboxylic acids is 3. The minimum absolute atomic E-state index is 0.00263. The molecular formula is C24H31N5O3. The number of nitrogens with zero attached hydrogens (tertiary/aromatic N) is 4. The summed E-state index contributed by atoms with van der Waals surface area (Å²) in [6.07, 6.45) is 7.87. The molecule has 0 aliphatic carbocycles. The predicted octanol–water partition coefficient (Wildman–Crippen LogP) is 1.99. The van der Waals surface area contributed by atoms with Crippen LogP contribution in [0.3, 0.4) is 0 Å². The smallest absolute Gasteiger partial charge is 0.228 e. The molecule has 0 spiro atoms. The van der Waals surface area contributed by atoms with Crippen LogP contribution in [0.5, 0.6) is 0 Å². The molecular weight excluding hydrogens is 406 g/mol. The summed E-state index contributed by atoms with van der Waals surface area (Å²) in [7, 11) is 0. The zero-order valence-electron chi connectivity index (χ0n) is 18.6. The lowest BCUT2D eigenvalue weighted by atomic mass is 9.94. The standard InChI is InChI=1S/C24H31N5O3/c1-18-3-5-21(6-4-18)29-16-20(15-22(29)30)24(32)28-12-7-19(8-13-28)23(31)26-9-2-11-27-14-10-25-17-27/h3-6,10,14,17,19-20H,2,7-9,11-13,15-16H2,1H3,(H,26,31). The maximum atomic E-state index is 13.0. The second-order valence-electron chi connectivity index (χ2n) is 8.79. The first-order valence-corrected chi connectivity index (χ1v) is 11.4. The van der Waals surface area contributed by atoms with E-state index in [0.29, 0.717) is 39.0 Å². The molecule has 1 unspecified atom stereocenters. The Bertz CT molecular complexity index is 933. The fraction of sp³-hybridized carbons (Fsp3) is 0.500. The van der Waals surface area contributed by atoms with E-state index in [1.165, 1.54) is 0 Å². The van der Waals surface area contributed by atoms with Crippen LogP contribution in [0.1, 0.15) is 31.2 Å². The Balaban J connectivity index is 1.20. The molecule has 8 nitrogen and oxygen atoms in total. The van der Waals surface area contributed by atoms with E-state index in [0.717, 1.165) is 24.2 Å². The van der Waals surface area contributed by atoms with Crippen LogP contribution in [0, 0.1) is 18.8 Å². The first-order chi connectivity index (χ1) is 15.5. The van der Waals surface area contributed by atoms with Crippen molar-refractivity contribution in [1.82, 2.24) is 19.8 Å². The summed E-state index contributed by atoms with van der Waals surface area (Å²) >= 11 is 0. The zero-order chi connectivity index (χ0) is 22.5. The fourth-order valence-electron chi connectivity index (χ4n) is 4.50. The summed E-state index contributed by atoms with van der Waals surface area (Å²) in [6, 6.07) is 7.82. The maximum absolute atomic E-state index is 13.0. The first-order valence-electron chi connectivity index (χ1n) is 11.4. The number of piperidine rings is 1. The van der Waals surface area contributed by atoms with Gasteiger partial charge in [0.2, 0.25) is 17.7 Å². The lowest BCUT2D eigenvalue weighted by molar-refractivity contribution is -0.139. The number of imidazole rings is 1. The molecule has 8 heteroatoms. The monoisotopic (exact) mass is 437 g/mol. The Kier molecular flexibility index (Phi) is 6.87. The quantitative estimate of drug-likeness (QED) is 0.671. The lowest BCUT2D eigenvalue weighted by Crippen LogP contribution is -2.45. The molecule has 32 heavy (non-hydrogen) atoms. The van der Waals surface area contributed by atoms with Crippen molar-refractivity contribution >= 4 is 23.4 Å². The highest BCUT2D eigenvalue weighted by Gasteiger charge is 2.38. The molecule has 1 aromatic heterocycles. The maximum Gasteiger partial charge on any atom is 0.228 e. The van der Waals surface area contributed by atoms with E-state index in [1.807, 2.05) is 46.9 Å². The van der Waals surface area contributed by atoms with Crippen molar-refractivity contribution in [3.63, 3.8) is 0 Å². The van der Waals surface area contributed by atoms with E-state index in [2.05, 4.69) is 10.3 Å². The van der Waals surface area contributed by atoms with Crippen molar-refractivity contribution in [1.29, 1.82) is 0 Å². The van der Waals surface area contributed by atoms with E-state index in [1.54, 1.807) is 17.4 Å². The highest BCUT2D eigenvalue weighted by molar-refractivity contribution is 6.00. The second-order valence-corrected chi connectivity index (χ2v) is 8.79. The highest BCUT2D eigenvalue weighted by atomic mass is 16.2. The van der Waals surface area contributed by atoms with Crippen LogP contribution in [0.4, 0.5) is 5.69 Å². The van der Waals surface area contributed by atoms with Crippen LogP contribution >= 0.6 is 0 Å². The molecule has 2 saturated heterocycles. The van der Waals surface area contributed by atoms with Gasteiger partial charge in [-0.25, -0.2) is 4.98 Å². The zero-order valence-corrected chi connectivity index (χ0v) is 18.6. The number of nitrogens with one attached hydrogen (secondary N) is 1. The number of amides is 3. The summed E-state index contributed by atoms with van der Waals surface area (Å²) in [6.45, 7) is 5.04. The molecule has 0 bridgehead atoms. The van der Waals surface area contributed by atoms with Gasteiger partial charge in [0.25, 0.3) is 0 Å². The molecule has 2 aliphatic heterocycles. The van der Waals surface area contributed by atoms with Crippen molar-refractivity contribution in [3.8, 4) is 0 Å². The Morgan fingerprint density at radius 3 is 2.56 bits per heavy atom. The van der Waals surface area contributed by atoms with E-state index < -0.39 is 0 Å². The summed E-state index contributed by atoms with van der Waals surface area (Å²) in [5.74, 6) is -0.257. The number of rotatable bonds is 7. The first kappa shape index (κ1) is 22.0. The van der Waals surface area contributed by atoms with Gasteiger partial charge in [-0.2, -0.15) is 0 Å². The third kappa shape index (κ3) is 5.18. The van der Waals surface area contributed by atoms with Crippen molar-refractivity contribution in [2.75, 3.05) is 31.1 Å². The van der Waals surface area contributed by atoms with Crippen LogP contribution in [0.2, 0.25) is 0 Å². The highest BCUT2D eigenvalue weighted by Crippen LogP contribution is 2.28. The van der Waals surface area contributed by atoms with Gasteiger partial charge < -0.3 is 19.7 Å². The molecule has 1 aromatic carbocycles. The molecule has 170 valence electrons. The van der Waals surface area contributed by atoms with Crippen LogP contribution in [0.25, 0.3) is 0 Å². The van der Waals surface area contributed by atoms with Crippen molar-refractivity contribution in [3.05, 3.63) is 48.5 Å². The van der Waals surface area contributed by atoms with E-state index >= 15 is 0 Å². The van der Waals surface area contributed by atoms with Gasteiger partial charge in [-0.3, -0.25) is 14.4 Å². The van der Waals surface area contributed by atoms with Gasteiger partial charge in [0.15, 0.2) is 0 Å². The number of carbonyl (C=O) groups is 3. The largest absolute Gasteiger partial charge is 0.356 e. The fourth-order valence-corrected chi connectivity index (χ4v) is 4.50. The summed E-state index contributed by atoms with van der Waals surface area (Å²) in [5, 5.41) is 3.02. The molecule has 3 amide bonds. The number of aryl methyl sites for hydroxylation is 2. The minimum Gasteiger partial charge on any atom is -0.356 e. The van der Waals surface area contributed by atoms with E-state index in [4.69, 9.17) is 0 Å². The Morgan fingerprint density at radius 2 is 1.88 bits per heavy atom. The number of benzene rings is 1. The normalized spacial score (nSPS) is 19.4. The second kappa shape index (κ2) is 9.97. The van der Waals surface area contributed by atoms with Crippen LogP contribution in [0.15, 0.2) is 43.0 Å². The molecule has 2 aromatic rings. The van der Waals surface area contributed by atoms with Crippen molar-refractivity contribution in [2.24, 2.45) is 11.8 Å². The Morgan fingerprint density at radius 1 is 1.12 bits per heavy atom. The van der Waals surface area contributed by atoms with Gasteiger partial charge in [0, 0.05) is 63.1 Å². The number of anilines is 1. The Labute approximate surface area is 188 Å². The van der Waals surface area contributed by atoms with Gasteiger partial charge in [-0.1, -0.05) is 17.7 Å². The summed E-state index contributed by atoms with van der Waals surface area (Å²) < 4.78 is 1.99. The van der Waals surface area contributed by atoms with Gasteiger partial charge in [-0.15, -0.1) is 0 Å². The number of hydrogen-bond donors (Lipinski definition) is 1. The Hall–Kier alpha value is -3.16. The number of hydrogen-bond acceptors (Lipinski definition) is 4. The molecule has 2 aliphatic rings. The molecule has 1 atom stereocenters. The van der Waals surface area contributed by atoms with E-state index in [-0.39, 0.29) is 36.0 Å². The summed E-state index contributed by atoms with van der Waals surface area (Å²) in [5.41, 5.74) is 1.98. The molecule has 3 heterocycles. The SMILES string of the molecule is Cc1ccc(N2CC(C(=O)N3CCC(C(=O)NCCCn4ccnc4)CC3)CC2=O)cc1. The van der Waals surface area contributed by atoms with Gasteiger partial charge in [-0.05, 0) is 38.3 Å². The predicted molar refractivity (Wildman–Crippen MR) is 121 cm³/mol. The molecule has 4 rings (SSSR count). The number of likely N-dealkylation sites (tertiary alicyclic amines) is 1. The van der Waals surface area contributed by atoms with Gasteiger partial charge in [0.1, 0.15) is 0 Å². The van der Waals surface area contributed by atoms with Gasteiger partial charge in [0.05, 0.1) is 12.2 Å². The molecule has 0 saturated carbocycles. The lowest BCUT2D eigenvalue weighted by Gasteiger charge is -2.33. The number of aromatic nitrogens is 2. The molecule has 2 fully saturated rings.